The highest BCUT2D eigenvalue weighted by atomic mass is 32.1. The number of benzene rings is 1. The lowest BCUT2D eigenvalue weighted by molar-refractivity contribution is 0.0941. The van der Waals surface area contributed by atoms with E-state index in [0.717, 1.165) is 15.6 Å². The zero-order chi connectivity index (χ0) is 16.2. The van der Waals surface area contributed by atoms with Crippen LogP contribution in [-0.2, 0) is 6.54 Å². The zero-order valence-electron chi connectivity index (χ0n) is 12.8. The molecule has 3 aromatic rings. The van der Waals surface area contributed by atoms with E-state index in [1.807, 2.05) is 44.2 Å². The molecular weight excluding hydrogens is 312 g/mol. The Kier molecular flexibility index (Phi) is 4.47. The van der Waals surface area contributed by atoms with Gasteiger partial charge in [-0.25, -0.2) is 0 Å². The van der Waals surface area contributed by atoms with Crippen LogP contribution in [-0.4, -0.2) is 21.3 Å². The summed E-state index contributed by atoms with van der Waals surface area (Å²) in [5, 5.41) is 16.4. The normalized spacial score (nSPS) is 10.9. The number of rotatable bonds is 5. The van der Waals surface area contributed by atoms with Crippen LogP contribution < -0.4 is 5.32 Å². The predicted molar refractivity (Wildman–Crippen MR) is 87.1 cm³/mol. The maximum atomic E-state index is 12.1. The van der Waals surface area contributed by atoms with Crippen molar-refractivity contribution in [2.24, 2.45) is 0 Å². The molecule has 2 aromatic heterocycles. The second-order valence-corrected chi connectivity index (χ2v) is 6.38. The van der Waals surface area contributed by atoms with Crippen LogP contribution in [0.2, 0.25) is 0 Å². The third-order valence-electron chi connectivity index (χ3n) is 3.22. The number of carbonyl (C=O) groups excluding carboxylic acids is 1. The number of nitrogens with one attached hydrogen (secondary N) is 1. The van der Waals surface area contributed by atoms with Crippen LogP contribution in [0.15, 0.2) is 40.9 Å². The maximum absolute atomic E-state index is 12.1. The molecule has 0 bridgehead atoms. The van der Waals surface area contributed by atoms with Gasteiger partial charge in [-0.2, -0.15) is 0 Å². The number of carbonyl (C=O) groups is 1. The lowest BCUT2D eigenvalue weighted by Gasteiger charge is -1.98. The minimum Gasteiger partial charge on any atom is -0.360 e. The van der Waals surface area contributed by atoms with Gasteiger partial charge in [0.15, 0.2) is 5.69 Å². The first-order chi connectivity index (χ1) is 11.1. The van der Waals surface area contributed by atoms with E-state index in [2.05, 4.69) is 20.7 Å². The number of nitrogens with zero attached hydrogens (tertiary/aromatic N) is 3. The SMILES string of the molecule is CC(C)c1cc(C(=O)NCc2nnc(-c3ccccc3)s2)no1. The molecule has 0 aliphatic rings. The van der Waals surface area contributed by atoms with Crippen LogP contribution in [0.3, 0.4) is 0 Å². The van der Waals surface area contributed by atoms with Crippen molar-refractivity contribution in [3.63, 3.8) is 0 Å². The highest BCUT2D eigenvalue weighted by Gasteiger charge is 2.15. The molecule has 3 rings (SSSR count). The molecule has 2 heterocycles. The molecular formula is C16H16N4O2S. The molecule has 6 nitrogen and oxygen atoms in total. The first-order valence-corrected chi connectivity index (χ1v) is 8.07. The van der Waals surface area contributed by atoms with Crippen LogP contribution in [0.5, 0.6) is 0 Å². The van der Waals surface area contributed by atoms with Gasteiger partial charge in [0, 0.05) is 17.5 Å². The van der Waals surface area contributed by atoms with Crippen molar-refractivity contribution in [3.05, 3.63) is 52.9 Å². The van der Waals surface area contributed by atoms with E-state index in [9.17, 15) is 4.79 Å². The van der Waals surface area contributed by atoms with Gasteiger partial charge < -0.3 is 9.84 Å². The third-order valence-corrected chi connectivity index (χ3v) is 4.19. The Morgan fingerprint density at radius 3 is 2.74 bits per heavy atom. The second-order valence-electron chi connectivity index (χ2n) is 5.32. The van der Waals surface area contributed by atoms with E-state index in [0.29, 0.717) is 12.3 Å². The van der Waals surface area contributed by atoms with E-state index in [-0.39, 0.29) is 17.5 Å². The molecule has 0 saturated heterocycles. The summed E-state index contributed by atoms with van der Waals surface area (Å²) in [7, 11) is 0. The van der Waals surface area contributed by atoms with E-state index < -0.39 is 0 Å². The Hall–Kier alpha value is -2.54. The van der Waals surface area contributed by atoms with Crippen molar-refractivity contribution < 1.29 is 9.32 Å². The van der Waals surface area contributed by atoms with E-state index in [4.69, 9.17) is 4.52 Å². The molecule has 1 N–H and O–H groups in total. The van der Waals surface area contributed by atoms with Crippen molar-refractivity contribution in [1.82, 2.24) is 20.7 Å². The highest BCUT2D eigenvalue weighted by Crippen LogP contribution is 2.23. The molecule has 0 saturated carbocycles. The van der Waals surface area contributed by atoms with E-state index in [1.54, 1.807) is 6.07 Å². The van der Waals surface area contributed by atoms with E-state index in [1.165, 1.54) is 11.3 Å². The van der Waals surface area contributed by atoms with Crippen molar-refractivity contribution in [2.45, 2.75) is 26.3 Å². The Morgan fingerprint density at radius 2 is 2.04 bits per heavy atom. The summed E-state index contributed by atoms with van der Waals surface area (Å²) < 4.78 is 5.12. The fourth-order valence-electron chi connectivity index (χ4n) is 1.94. The molecule has 0 unspecified atom stereocenters. The number of amides is 1. The first kappa shape index (κ1) is 15.4. The van der Waals surface area contributed by atoms with Gasteiger partial charge in [0.05, 0.1) is 6.54 Å². The summed E-state index contributed by atoms with van der Waals surface area (Å²) in [6, 6.07) is 11.5. The van der Waals surface area contributed by atoms with Crippen LogP contribution in [0.4, 0.5) is 0 Å². The van der Waals surface area contributed by atoms with Gasteiger partial charge in [0.1, 0.15) is 15.8 Å². The van der Waals surface area contributed by atoms with E-state index >= 15 is 0 Å². The van der Waals surface area contributed by atoms with Crippen LogP contribution in [0.25, 0.3) is 10.6 Å². The molecule has 0 aliphatic carbocycles. The summed E-state index contributed by atoms with van der Waals surface area (Å²) in [5.41, 5.74) is 1.29. The minimum absolute atomic E-state index is 0.195. The van der Waals surface area contributed by atoms with Crippen LogP contribution in [0.1, 0.15) is 41.0 Å². The molecule has 0 fully saturated rings. The maximum Gasteiger partial charge on any atom is 0.273 e. The number of aromatic nitrogens is 3. The fourth-order valence-corrected chi connectivity index (χ4v) is 2.72. The number of hydrogen-bond acceptors (Lipinski definition) is 6. The fraction of sp³-hybridized carbons (Fsp3) is 0.250. The van der Waals surface area contributed by atoms with Gasteiger partial charge >= 0.3 is 0 Å². The topological polar surface area (TPSA) is 80.9 Å². The second kappa shape index (κ2) is 6.70. The van der Waals surface area contributed by atoms with Crippen molar-refractivity contribution >= 4 is 17.2 Å². The molecule has 1 amide bonds. The Bertz CT molecular complexity index is 795. The van der Waals surface area contributed by atoms with Gasteiger partial charge in [0.25, 0.3) is 5.91 Å². The van der Waals surface area contributed by atoms with Crippen molar-refractivity contribution in [1.29, 1.82) is 0 Å². The molecule has 7 heteroatoms. The van der Waals surface area contributed by atoms with Gasteiger partial charge in [-0.15, -0.1) is 10.2 Å². The molecule has 1 aromatic carbocycles. The molecule has 0 radical (unpaired) electrons. The lowest BCUT2D eigenvalue weighted by atomic mass is 10.1. The van der Waals surface area contributed by atoms with Crippen LogP contribution in [0, 0.1) is 0 Å². The van der Waals surface area contributed by atoms with Crippen molar-refractivity contribution in [3.8, 4) is 10.6 Å². The molecule has 23 heavy (non-hydrogen) atoms. The van der Waals surface area contributed by atoms with Gasteiger partial charge in [0.2, 0.25) is 0 Å². The van der Waals surface area contributed by atoms with Crippen molar-refractivity contribution in [2.75, 3.05) is 0 Å². The summed E-state index contributed by atoms with van der Waals surface area (Å²) in [6.07, 6.45) is 0. The zero-order valence-corrected chi connectivity index (χ0v) is 13.6. The monoisotopic (exact) mass is 328 g/mol. The van der Waals surface area contributed by atoms with Gasteiger partial charge in [-0.05, 0) is 0 Å². The first-order valence-electron chi connectivity index (χ1n) is 7.26. The highest BCUT2D eigenvalue weighted by molar-refractivity contribution is 7.14. The Morgan fingerprint density at radius 1 is 1.26 bits per heavy atom. The van der Waals surface area contributed by atoms with Gasteiger partial charge in [-0.1, -0.05) is 60.7 Å². The lowest BCUT2D eigenvalue weighted by Crippen LogP contribution is -2.23. The molecule has 0 atom stereocenters. The van der Waals surface area contributed by atoms with Crippen LogP contribution >= 0.6 is 11.3 Å². The summed E-state index contributed by atoms with van der Waals surface area (Å²) in [4.78, 5) is 12.1. The summed E-state index contributed by atoms with van der Waals surface area (Å²) in [6.45, 7) is 4.27. The standard InChI is InChI=1S/C16H16N4O2S/c1-10(2)13-8-12(20-22-13)15(21)17-9-14-18-19-16(23-14)11-6-4-3-5-7-11/h3-8,10H,9H2,1-2H3,(H,17,21). The minimum atomic E-state index is -0.280. The molecule has 0 spiro atoms. The van der Waals surface area contributed by atoms with Gasteiger partial charge in [-0.3, -0.25) is 4.79 Å². The third kappa shape index (κ3) is 3.62. The quantitative estimate of drug-likeness (QED) is 0.777. The Labute approximate surface area is 137 Å². The largest absolute Gasteiger partial charge is 0.360 e. The molecule has 0 aliphatic heterocycles. The average molecular weight is 328 g/mol. The Balaban J connectivity index is 1.62. The predicted octanol–water partition coefficient (Wildman–Crippen LogP) is 3.25. The smallest absolute Gasteiger partial charge is 0.273 e. The summed E-state index contributed by atoms with van der Waals surface area (Å²) in [5.74, 6) is 0.607. The average Bonchev–Trinajstić information content (AvgIpc) is 3.23. The number of hydrogen-bond donors (Lipinski definition) is 1. The summed E-state index contributed by atoms with van der Waals surface area (Å²) >= 11 is 1.45. The molecule has 118 valence electrons.